The van der Waals surface area contributed by atoms with Crippen LogP contribution in [0.4, 0.5) is 17.1 Å². The molecule has 2 amide bonds. The molecule has 12 heteroatoms. The maximum Gasteiger partial charge on any atom is 0.271 e. The third-order valence-corrected chi connectivity index (χ3v) is 7.04. The van der Waals surface area contributed by atoms with Crippen molar-refractivity contribution in [2.45, 2.75) is 19.1 Å². The summed E-state index contributed by atoms with van der Waals surface area (Å²) < 4.78 is 5.87. The molecule has 2 fully saturated rings. The number of ether oxygens (including phenoxy) is 1. The number of phenolic OH excluding ortho intramolecular Hbond substituents is 1. The molecule has 190 valence electrons. The maximum absolute atomic E-state index is 13.7. The van der Waals surface area contributed by atoms with E-state index in [1.165, 1.54) is 23.3 Å². The quantitative estimate of drug-likeness (QED) is 0.238. The summed E-state index contributed by atoms with van der Waals surface area (Å²) in [5, 5.41) is 23.6. The molecule has 2 heterocycles. The first-order valence-electron chi connectivity index (χ1n) is 11.2. The number of anilines is 2. The zero-order valence-corrected chi connectivity index (χ0v) is 21.5. The predicted molar refractivity (Wildman–Crippen MR) is 138 cm³/mol. The molecule has 2 aliphatic heterocycles. The monoisotopic (exact) mass is 587 g/mol. The highest BCUT2D eigenvalue weighted by Crippen LogP contribution is 2.50. The molecule has 2 saturated heterocycles. The molecule has 3 atom stereocenters. The molecule has 37 heavy (non-hydrogen) atoms. The van der Waals surface area contributed by atoms with Crippen LogP contribution in [-0.4, -0.2) is 34.6 Å². The number of hydrogen-bond donors (Lipinski definition) is 1. The largest absolute Gasteiger partial charge is 0.503 e. The number of imide groups is 1. The Morgan fingerprint density at radius 1 is 1.11 bits per heavy atom. The predicted octanol–water partition coefficient (Wildman–Crippen LogP) is 5.17. The van der Waals surface area contributed by atoms with Crippen LogP contribution in [0, 0.1) is 16.0 Å². The smallest absolute Gasteiger partial charge is 0.271 e. The van der Waals surface area contributed by atoms with Crippen molar-refractivity contribution >= 4 is 56.4 Å². The average molecular weight is 589 g/mol. The molecular formula is C25H19BrClN3O7. The van der Waals surface area contributed by atoms with E-state index in [9.17, 15) is 24.8 Å². The number of hydroxylamine groups is 1. The van der Waals surface area contributed by atoms with Gasteiger partial charge in [0, 0.05) is 17.2 Å². The van der Waals surface area contributed by atoms with Crippen molar-refractivity contribution in [3.8, 4) is 11.5 Å². The van der Waals surface area contributed by atoms with Gasteiger partial charge in [0.2, 0.25) is 5.91 Å². The molecule has 2 aliphatic rings. The van der Waals surface area contributed by atoms with Gasteiger partial charge in [-0.2, -0.15) is 0 Å². The van der Waals surface area contributed by atoms with E-state index in [2.05, 4.69) is 15.9 Å². The molecule has 0 aliphatic carbocycles. The molecular weight excluding hydrogens is 570 g/mol. The Balaban J connectivity index is 1.64. The molecule has 5 rings (SSSR count). The number of fused-ring (bicyclic) bond motifs is 1. The van der Waals surface area contributed by atoms with Gasteiger partial charge in [-0.25, -0.2) is 9.96 Å². The Kier molecular flexibility index (Phi) is 6.52. The van der Waals surface area contributed by atoms with E-state index in [0.29, 0.717) is 20.7 Å². The molecule has 0 radical (unpaired) electrons. The SMILES string of the molecule is CCOc1cc([C@@H]2[C@H]3C(=O)N(c4ccc(Cl)cc4)C(=O)[C@@H]3ON2c2cccc([N+](=O)[O-])c2)cc(Br)c1O. The number of hydrogen-bond acceptors (Lipinski definition) is 8. The summed E-state index contributed by atoms with van der Waals surface area (Å²) in [7, 11) is 0. The molecule has 3 aromatic rings. The van der Waals surface area contributed by atoms with Crippen LogP contribution in [-0.2, 0) is 14.4 Å². The molecule has 1 N–H and O–H groups in total. The molecule has 0 spiro atoms. The van der Waals surface area contributed by atoms with Gasteiger partial charge in [0.15, 0.2) is 17.6 Å². The van der Waals surface area contributed by atoms with Crippen molar-refractivity contribution in [3.63, 3.8) is 0 Å². The number of non-ortho nitro benzene ring substituents is 1. The van der Waals surface area contributed by atoms with Crippen molar-refractivity contribution in [2.75, 3.05) is 16.6 Å². The second-order valence-corrected chi connectivity index (χ2v) is 9.66. The van der Waals surface area contributed by atoms with Crippen LogP contribution in [0.25, 0.3) is 0 Å². The highest BCUT2D eigenvalue weighted by Gasteiger charge is 2.60. The van der Waals surface area contributed by atoms with E-state index in [0.717, 1.165) is 4.90 Å². The first-order valence-corrected chi connectivity index (χ1v) is 12.4. The first-order chi connectivity index (χ1) is 17.7. The minimum absolute atomic E-state index is 0.125. The maximum atomic E-state index is 13.7. The number of halogens is 2. The lowest BCUT2D eigenvalue weighted by Gasteiger charge is -2.29. The van der Waals surface area contributed by atoms with E-state index in [1.54, 1.807) is 49.4 Å². The van der Waals surface area contributed by atoms with Gasteiger partial charge in [0.05, 0.1) is 33.4 Å². The van der Waals surface area contributed by atoms with Gasteiger partial charge in [0.25, 0.3) is 11.6 Å². The van der Waals surface area contributed by atoms with E-state index < -0.39 is 34.8 Å². The third-order valence-electron chi connectivity index (χ3n) is 6.19. The number of amides is 2. The highest BCUT2D eigenvalue weighted by atomic mass is 79.9. The number of benzene rings is 3. The number of phenols is 1. The lowest BCUT2D eigenvalue weighted by atomic mass is 9.90. The van der Waals surface area contributed by atoms with Crippen LogP contribution >= 0.6 is 27.5 Å². The summed E-state index contributed by atoms with van der Waals surface area (Å²) in [5.41, 5.74) is 0.944. The van der Waals surface area contributed by atoms with Gasteiger partial charge in [-0.1, -0.05) is 17.7 Å². The third kappa shape index (κ3) is 4.28. The molecule has 0 aromatic heterocycles. The fourth-order valence-corrected chi connectivity index (χ4v) is 5.18. The number of carbonyl (C=O) groups excluding carboxylic acids is 2. The zero-order chi connectivity index (χ0) is 26.4. The minimum atomic E-state index is -1.18. The van der Waals surface area contributed by atoms with Crippen LogP contribution in [0.3, 0.4) is 0 Å². The number of rotatable bonds is 6. The summed E-state index contributed by atoms with van der Waals surface area (Å²) in [6.07, 6.45) is -1.18. The van der Waals surface area contributed by atoms with Crippen LogP contribution in [0.1, 0.15) is 18.5 Å². The Morgan fingerprint density at radius 3 is 2.51 bits per heavy atom. The summed E-state index contributed by atoms with van der Waals surface area (Å²) >= 11 is 9.30. The lowest BCUT2D eigenvalue weighted by Crippen LogP contribution is -2.37. The number of aromatic hydroxyl groups is 1. The second-order valence-electron chi connectivity index (χ2n) is 8.37. The summed E-state index contributed by atoms with van der Waals surface area (Å²) in [6.45, 7) is 2.03. The standard InChI is InChI=1S/C25H19BrClN3O7/c1-2-36-19-11-13(10-18(26)22(19)31)21-20-23(37-29(21)16-4-3-5-17(12-16)30(34)35)25(33)28(24(20)32)15-8-6-14(27)7-9-15/h3-12,20-21,23,31H,2H2,1H3/t20-,21-,23-/m1/s1. The van der Waals surface area contributed by atoms with Gasteiger partial charge >= 0.3 is 0 Å². The normalized spacial score (nSPS) is 20.9. The van der Waals surface area contributed by atoms with Gasteiger partial charge in [0.1, 0.15) is 5.92 Å². The molecule has 10 nitrogen and oxygen atoms in total. The number of nitro benzene ring substituents is 1. The highest BCUT2D eigenvalue weighted by molar-refractivity contribution is 9.10. The van der Waals surface area contributed by atoms with E-state index >= 15 is 0 Å². The summed E-state index contributed by atoms with van der Waals surface area (Å²) in [6, 6.07) is 14.3. The molecule has 0 unspecified atom stereocenters. The fraction of sp³-hybridized carbons (Fsp3) is 0.200. The molecule has 3 aromatic carbocycles. The number of nitro groups is 1. The summed E-state index contributed by atoms with van der Waals surface area (Å²) in [4.78, 5) is 45.2. The van der Waals surface area contributed by atoms with Crippen LogP contribution < -0.4 is 14.7 Å². The first kappa shape index (κ1) is 25.0. The topological polar surface area (TPSA) is 122 Å². The Morgan fingerprint density at radius 2 is 1.84 bits per heavy atom. The zero-order valence-electron chi connectivity index (χ0n) is 19.2. The van der Waals surface area contributed by atoms with Crippen molar-refractivity contribution in [3.05, 3.63) is 85.8 Å². The Hall–Kier alpha value is -3.67. The van der Waals surface area contributed by atoms with Crippen LogP contribution in [0.2, 0.25) is 5.02 Å². The van der Waals surface area contributed by atoms with Gasteiger partial charge in [-0.05, 0) is 70.9 Å². The van der Waals surface area contributed by atoms with E-state index in [1.807, 2.05) is 0 Å². The van der Waals surface area contributed by atoms with Crippen molar-refractivity contribution < 1.29 is 29.2 Å². The van der Waals surface area contributed by atoms with Crippen molar-refractivity contribution in [1.29, 1.82) is 0 Å². The van der Waals surface area contributed by atoms with E-state index in [4.69, 9.17) is 21.2 Å². The van der Waals surface area contributed by atoms with E-state index in [-0.39, 0.29) is 29.5 Å². The number of carbonyl (C=O) groups is 2. The van der Waals surface area contributed by atoms with Crippen LogP contribution in [0.15, 0.2) is 65.1 Å². The average Bonchev–Trinajstić information content (AvgIpc) is 3.38. The van der Waals surface area contributed by atoms with Crippen molar-refractivity contribution in [2.24, 2.45) is 5.92 Å². The van der Waals surface area contributed by atoms with Crippen molar-refractivity contribution in [1.82, 2.24) is 0 Å². The van der Waals surface area contributed by atoms with Gasteiger partial charge < -0.3 is 9.84 Å². The number of nitrogens with zero attached hydrogens (tertiary/aromatic N) is 3. The molecule has 0 bridgehead atoms. The Bertz CT molecular complexity index is 1420. The van der Waals surface area contributed by atoms with Crippen LogP contribution in [0.5, 0.6) is 11.5 Å². The molecule has 0 saturated carbocycles. The second kappa shape index (κ2) is 9.66. The van der Waals surface area contributed by atoms with Gasteiger partial charge in [-0.15, -0.1) is 0 Å². The fourth-order valence-electron chi connectivity index (χ4n) is 4.60. The minimum Gasteiger partial charge on any atom is -0.503 e. The Labute approximate surface area is 224 Å². The summed E-state index contributed by atoms with van der Waals surface area (Å²) in [5.74, 6) is -2.02. The lowest BCUT2D eigenvalue weighted by molar-refractivity contribution is -0.384. The van der Waals surface area contributed by atoms with Gasteiger partial charge in [-0.3, -0.25) is 24.5 Å².